The summed E-state index contributed by atoms with van der Waals surface area (Å²) in [4.78, 5) is 0. The molecule has 0 unspecified atom stereocenters. The largest absolute Gasteiger partial charge is 0.489 e. The van der Waals surface area contributed by atoms with Crippen LogP contribution in [0.5, 0.6) is 0 Å². The summed E-state index contributed by atoms with van der Waals surface area (Å²) in [6.07, 6.45) is 11.4. The van der Waals surface area contributed by atoms with Gasteiger partial charge in [0.05, 0.1) is 22.4 Å². The predicted molar refractivity (Wildman–Crippen MR) is 132 cm³/mol. The maximum atomic E-state index is 6.44. The lowest BCUT2D eigenvalue weighted by Crippen LogP contribution is -2.41. The predicted octanol–water partition coefficient (Wildman–Crippen LogP) is 7.17. The highest BCUT2D eigenvalue weighted by atomic mass is 16.7. The van der Waals surface area contributed by atoms with Crippen LogP contribution in [0.1, 0.15) is 120 Å². The zero-order chi connectivity index (χ0) is 23.5. The summed E-state index contributed by atoms with van der Waals surface area (Å²) >= 11 is 0. The average Bonchev–Trinajstić information content (AvgIpc) is 2.99. The maximum Gasteiger partial charge on any atom is 0.489 e. The third kappa shape index (κ3) is 6.40. The van der Waals surface area contributed by atoms with Gasteiger partial charge in [-0.3, -0.25) is 0 Å². The SMILES string of the molecule is C=C(B1OC(C)(C)C(C)(C)O1)[C@@H](CCCCCCCCCC)B1OC(C)(C)C(C)(C)O1. The van der Waals surface area contributed by atoms with Crippen LogP contribution in [0.25, 0.3) is 0 Å². The quantitative estimate of drug-likeness (QED) is 0.241. The van der Waals surface area contributed by atoms with Crippen molar-refractivity contribution in [3.05, 3.63) is 12.1 Å². The van der Waals surface area contributed by atoms with Gasteiger partial charge in [-0.1, -0.05) is 58.3 Å². The molecule has 1 atom stereocenters. The lowest BCUT2D eigenvalue weighted by Gasteiger charge is -2.32. The van der Waals surface area contributed by atoms with Gasteiger partial charge in [0, 0.05) is 5.82 Å². The van der Waals surface area contributed by atoms with Crippen molar-refractivity contribution in [1.29, 1.82) is 0 Å². The molecule has 2 aliphatic rings. The summed E-state index contributed by atoms with van der Waals surface area (Å²) in [5.74, 6) is 0.0517. The Bertz CT molecular complexity index is 568. The van der Waals surface area contributed by atoms with Crippen LogP contribution in [0.3, 0.4) is 0 Å². The van der Waals surface area contributed by atoms with Crippen molar-refractivity contribution in [3.8, 4) is 0 Å². The monoisotopic (exact) mass is 434 g/mol. The molecule has 2 fully saturated rings. The molecule has 0 spiro atoms. The minimum absolute atomic E-state index is 0.0517. The fourth-order valence-electron chi connectivity index (χ4n) is 4.22. The van der Waals surface area contributed by atoms with Crippen molar-refractivity contribution in [3.63, 3.8) is 0 Å². The molecule has 0 radical (unpaired) electrons. The van der Waals surface area contributed by atoms with Gasteiger partial charge in [-0.25, -0.2) is 0 Å². The molecule has 0 saturated carbocycles. The number of rotatable bonds is 12. The summed E-state index contributed by atoms with van der Waals surface area (Å²) in [6, 6.07) is 0. The second kappa shape index (κ2) is 10.3. The van der Waals surface area contributed by atoms with Crippen molar-refractivity contribution in [2.24, 2.45) is 0 Å². The van der Waals surface area contributed by atoms with Gasteiger partial charge >= 0.3 is 14.2 Å². The Labute approximate surface area is 193 Å². The van der Waals surface area contributed by atoms with E-state index in [0.717, 1.165) is 18.3 Å². The zero-order valence-electron chi connectivity index (χ0n) is 21.9. The highest BCUT2D eigenvalue weighted by Crippen LogP contribution is 2.46. The topological polar surface area (TPSA) is 36.9 Å². The minimum Gasteiger partial charge on any atom is -0.403 e. The van der Waals surface area contributed by atoms with Gasteiger partial charge in [0.25, 0.3) is 0 Å². The molecular formula is C25H48B2O4. The van der Waals surface area contributed by atoms with E-state index < -0.39 is 7.12 Å². The molecule has 0 aromatic carbocycles. The van der Waals surface area contributed by atoms with Crippen LogP contribution in [0.2, 0.25) is 5.82 Å². The Morgan fingerprint density at radius 2 is 1.03 bits per heavy atom. The molecule has 6 heteroatoms. The molecule has 0 N–H and O–H groups in total. The Hall–Kier alpha value is -0.290. The smallest absolute Gasteiger partial charge is 0.403 e. The lowest BCUT2D eigenvalue weighted by molar-refractivity contribution is 0.00578. The van der Waals surface area contributed by atoms with Crippen LogP contribution in [0.15, 0.2) is 12.1 Å². The number of allylic oxidation sites excluding steroid dienone is 1. The van der Waals surface area contributed by atoms with Gasteiger partial charge in [-0.15, -0.1) is 6.58 Å². The third-order valence-electron chi connectivity index (χ3n) is 8.00. The molecule has 0 amide bonds. The summed E-state index contributed by atoms with van der Waals surface area (Å²) in [7, 11) is -0.746. The fourth-order valence-corrected chi connectivity index (χ4v) is 4.22. The molecule has 0 aromatic heterocycles. The first-order chi connectivity index (χ1) is 14.2. The van der Waals surface area contributed by atoms with Crippen molar-refractivity contribution in [2.45, 2.75) is 148 Å². The fraction of sp³-hybridized carbons (Fsp3) is 0.920. The van der Waals surface area contributed by atoms with Crippen LogP contribution < -0.4 is 0 Å². The highest BCUT2D eigenvalue weighted by Gasteiger charge is 2.58. The zero-order valence-corrected chi connectivity index (χ0v) is 21.9. The normalized spacial score (nSPS) is 24.5. The van der Waals surface area contributed by atoms with Crippen LogP contribution in [-0.4, -0.2) is 36.6 Å². The van der Waals surface area contributed by atoms with E-state index in [9.17, 15) is 0 Å². The van der Waals surface area contributed by atoms with E-state index in [2.05, 4.69) is 68.9 Å². The van der Waals surface area contributed by atoms with Crippen molar-refractivity contribution < 1.29 is 18.6 Å². The molecule has 31 heavy (non-hydrogen) atoms. The Balaban J connectivity index is 2.01. The third-order valence-corrected chi connectivity index (χ3v) is 8.00. The molecule has 178 valence electrons. The van der Waals surface area contributed by atoms with E-state index in [0.29, 0.717) is 0 Å². The summed E-state index contributed by atoms with van der Waals surface area (Å²) in [5, 5.41) is 0. The highest BCUT2D eigenvalue weighted by molar-refractivity contribution is 6.60. The summed E-state index contributed by atoms with van der Waals surface area (Å²) in [6.45, 7) is 23.5. The second-order valence-corrected chi connectivity index (χ2v) is 11.7. The molecule has 0 aromatic rings. The first-order valence-electron chi connectivity index (χ1n) is 12.6. The first-order valence-corrected chi connectivity index (χ1v) is 12.6. The standard InChI is InChI=1S/C25H48B2O4/c1-11-12-13-14-15-16-17-18-19-21(27-30-24(7,8)25(9,10)31-27)20(2)26-28-22(3,4)23(5,6)29-26/h21H,2,11-19H2,1,3-10H3/t21-/m1/s1. The summed E-state index contributed by atoms with van der Waals surface area (Å²) < 4.78 is 25.5. The van der Waals surface area contributed by atoms with Gasteiger partial charge in [0.15, 0.2) is 0 Å². The van der Waals surface area contributed by atoms with E-state index in [1.807, 2.05) is 0 Å². The number of hydrogen-bond donors (Lipinski definition) is 0. The Morgan fingerprint density at radius 1 is 0.645 bits per heavy atom. The molecule has 2 saturated heterocycles. The van der Waals surface area contributed by atoms with Crippen molar-refractivity contribution >= 4 is 14.2 Å². The van der Waals surface area contributed by atoms with Crippen LogP contribution in [-0.2, 0) is 18.6 Å². The molecular weight excluding hydrogens is 386 g/mol. The van der Waals surface area contributed by atoms with Crippen molar-refractivity contribution in [1.82, 2.24) is 0 Å². The molecule has 2 rings (SSSR count). The first kappa shape index (κ1) is 27.0. The van der Waals surface area contributed by atoms with E-state index in [-0.39, 0.29) is 35.3 Å². The van der Waals surface area contributed by atoms with Crippen LogP contribution in [0, 0.1) is 0 Å². The Morgan fingerprint density at radius 3 is 1.48 bits per heavy atom. The molecule has 0 aliphatic carbocycles. The van der Waals surface area contributed by atoms with E-state index >= 15 is 0 Å². The molecule has 0 bridgehead atoms. The average molecular weight is 434 g/mol. The van der Waals surface area contributed by atoms with E-state index in [1.54, 1.807) is 0 Å². The van der Waals surface area contributed by atoms with Gasteiger partial charge in [-0.05, 0) is 67.3 Å². The molecule has 2 aliphatic heterocycles. The van der Waals surface area contributed by atoms with Crippen LogP contribution in [0.4, 0.5) is 0 Å². The Kier molecular flexibility index (Phi) is 8.98. The lowest BCUT2D eigenvalue weighted by atomic mass is 9.56. The number of unbranched alkanes of at least 4 members (excludes halogenated alkanes) is 7. The second-order valence-electron chi connectivity index (χ2n) is 11.7. The maximum absolute atomic E-state index is 6.44. The van der Waals surface area contributed by atoms with E-state index in [1.165, 1.54) is 44.9 Å². The molecule has 4 nitrogen and oxygen atoms in total. The van der Waals surface area contributed by atoms with Crippen molar-refractivity contribution in [2.75, 3.05) is 0 Å². The van der Waals surface area contributed by atoms with Crippen LogP contribution >= 0.6 is 0 Å². The van der Waals surface area contributed by atoms with E-state index in [4.69, 9.17) is 18.6 Å². The van der Waals surface area contributed by atoms with Gasteiger partial charge in [0.1, 0.15) is 0 Å². The van der Waals surface area contributed by atoms with Gasteiger partial charge in [-0.2, -0.15) is 0 Å². The minimum atomic E-state index is -0.428. The summed E-state index contributed by atoms with van der Waals surface area (Å²) in [5.41, 5.74) is -0.518. The van der Waals surface area contributed by atoms with Gasteiger partial charge < -0.3 is 18.6 Å². The molecule has 2 heterocycles. The number of hydrogen-bond acceptors (Lipinski definition) is 4. The van der Waals surface area contributed by atoms with Gasteiger partial charge in [0.2, 0.25) is 0 Å².